The molecule has 2 heterocycles. The summed E-state index contributed by atoms with van der Waals surface area (Å²) in [5.74, 6) is 0. The molecule has 0 radical (unpaired) electrons. The van der Waals surface area contributed by atoms with Gasteiger partial charge in [0.25, 0.3) is 0 Å². The number of aliphatic imine (C=N–C) groups is 2. The SMILES string of the molecule is c1cnc2c(c1)CCCC2=Nc1ccc(-c2ccc(N=C3CCCc4cccnc43)cc2)cc1. The Morgan fingerprint density at radius 1 is 0.500 bits per heavy atom. The van der Waals surface area contributed by atoms with Crippen molar-refractivity contribution in [1.82, 2.24) is 9.97 Å². The molecule has 0 atom stereocenters. The molecule has 166 valence electrons. The number of pyridine rings is 2. The number of hydrogen-bond donors (Lipinski definition) is 0. The maximum absolute atomic E-state index is 4.92. The fourth-order valence-corrected chi connectivity index (χ4v) is 4.92. The Labute approximate surface area is 200 Å². The van der Waals surface area contributed by atoms with Crippen LogP contribution in [0.4, 0.5) is 11.4 Å². The van der Waals surface area contributed by atoms with E-state index in [0.717, 1.165) is 72.7 Å². The molecule has 0 fully saturated rings. The summed E-state index contributed by atoms with van der Waals surface area (Å²) in [4.78, 5) is 19.0. The normalized spacial score (nSPS) is 17.4. The summed E-state index contributed by atoms with van der Waals surface area (Å²) in [6, 6.07) is 25.3. The van der Waals surface area contributed by atoms with Gasteiger partial charge in [0, 0.05) is 12.4 Å². The number of nitrogens with zero attached hydrogens (tertiary/aromatic N) is 4. The van der Waals surface area contributed by atoms with Gasteiger partial charge >= 0.3 is 0 Å². The lowest BCUT2D eigenvalue weighted by atomic mass is 9.94. The highest BCUT2D eigenvalue weighted by molar-refractivity contribution is 6.03. The predicted molar refractivity (Wildman–Crippen MR) is 139 cm³/mol. The molecule has 0 saturated carbocycles. The second-order valence-electron chi connectivity index (χ2n) is 8.94. The molecule has 0 bridgehead atoms. The first-order valence-electron chi connectivity index (χ1n) is 12.1. The van der Waals surface area contributed by atoms with Crippen molar-refractivity contribution < 1.29 is 0 Å². The molecule has 0 N–H and O–H groups in total. The highest BCUT2D eigenvalue weighted by Gasteiger charge is 2.17. The molecule has 0 saturated heterocycles. The zero-order valence-corrected chi connectivity index (χ0v) is 19.1. The van der Waals surface area contributed by atoms with Crippen molar-refractivity contribution in [1.29, 1.82) is 0 Å². The third kappa shape index (κ3) is 4.19. The average molecular weight is 443 g/mol. The first-order chi connectivity index (χ1) is 16.8. The van der Waals surface area contributed by atoms with E-state index in [2.05, 4.69) is 70.6 Å². The second-order valence-corrected chi connectivity index (χ2v) is 8.94. The van der Waals surface area contributed by atoms with Crippen LogP contribution in [0.1, 0.15) is 48.2 Å². The van der Waals surface area contributed by atoms with Gasteiger partial charge in [-0.1, -0.05) is 36.4 Å². The van der Waals surface area contributed by atoms with Crippen LogP contribution in [0.5, 0.6) is 0 Å². The van der Waals surface area contributed by atoms with Crippen molar-refractivity contribution in [2.24, 2.45) is 9.98 Å². The Hall–Kier alpha value is -3.92. The fourth-order valence-electron chi connectivity index (χ4n) is 4.92. The lowest BCUT2D eigenvalue weighted by Crippen LogP contribution is -2.13. The molecule has 34 heavy (non-hydrogen) atoms. The van der Waals surface area contributed by atoms with E-state index in [1.165, 1.54) is 22.3 Å². The van der Waals surface area contributed by atoms with Crippen LogP contribution in [0.15, 0.2) is 95.2 Å². The molecule has 2 aliphatic carbocycles. The van der Waals surface area contributed by atoms with Gasteiger partial charge in [0.05, 0.1) is 34.2 Å². The van der Waals surface area contributed by atoms with Crippen molar-refractivity contribution in [2.75, 3.05) is 0 Å². The van der Waals surface area contributed by atoms with Crippen LogP contribution in [0, 0.1) is 0 Å². The Morgan fingerprint density at radius 3 is 1.38 bits per heavy atom. The van der Waals surface area contributed by atoms with E-state index in [1.54, 1.807) is 0 Å². The van der Waals surface area contributed by atoms with E-state index in [-0.39, 0.29) is 0 Å². The van der Waals surface area contributed by atoms with Gasteiger partial charge in [0.1, 0.15) is 0 Å². The van der Waals surface area contributed by atoms with Gasteiger partial charge < -0.3 is 0 Å². The molecule has 4 heteroatoms. The first-order valence-corrected chi connectivity index (χ1v) is 12.1. The van der Waals surface area contributed by atoms with Crippen LogP contribution in [0.25, 0.3) is 11.1 Å². The topological polar surface area (TPSA) is 50.5 Å². The highest BCUT2D eigenvalue weighted by atomic mass is 14.8. The van der Waals surface area contributed by atoms with E-state index < -0.39 is 0 Å². The van der Waals surface area contributed by atoms with Gasteiger partial charge in [-0.25, -0.2) is 0 Å². The van der Waals surface area contributed by atoms with Gasteiger partial charge in [-0.3, -0.25) is 20.0 Å². The predicted octanol–water partition coefficient (Wildman–Crippen LogP) is 7.06. The summed E-state index contributed by atoms with van der Waals surface area (Å²) in [5, 5.41) is 0. The minimum Gasteiger partial charge on any atom is -0.255 e. The minimum atomic E-state index is 0.976. The van der Waals surface area contributed by atoms with Crippen LogP contribution in [0.2, 0.25) is 0 Å². The van der Waals surface area contributed by atoms with E-state index in [1.807, 2.05) is 24.5 Å². The number of fused-ring (bicyclic) bond motifs is 2. The van der Waals surface area contributed by atoms with Crippen LogP contribution in [-0.2, 0) is 12.8 Å². The molecule has 2 aromatic heterocycles. The van der Waals surface area contributed by atoms with Gasteiger partial charge in [0.2, 0.25) is 0 Å². The Morgan fingerprint density at radius 2 is 0.941 bits per heavy atom. The number of aromatic nitrogens is 2. The average Bonchev–Trinajstić information content (AvgIpc) is 2.90. The lowest BCUT2D eigenvalue weighted by Gasteiger charge is -2.16. The second kappa shape index (κ2) is 9.14. The van der Waals surface area contributed by atoms with Gasteiger partial charge in [0.15, 0.2) is 0 Å². The van der Waals surface area contributed by atoms with Crippen molar-refractivity contribution in [3.05, 3.63) is 108 Å². The molecular formula is C30H26N4. The quantitative estimate of drug-likeness (QED) is 0.341. The lowest BCUT2D eigenvalue weighted by molar-refractivity contribution is 0.826. The zero-order valence-electron chi connectivity index (χ0n) is 19.1. The van der Waals surface area contributed by atoms with Crippen molar-refractivity contribution >= 4 is 22.8 Å². The minimum absolute atomic E-state index is 0.976. The number of aryl methyl sites for hydroxylation is 2. The van der Waals surface area contributed by atoms with Crippen molar-refractivity contribution in [2.45, 2.75) is 38.5 Å². The molecule has 4 aromatic rings. The smallest absolute Gasteiger partial charge is 0.0876 e. The largest absolute Gasteiger partial charge is 0.255 e. The van der Waals surface area contributed by atoms with Crippen LogP contribution in [-0.4, -0.2) is 21.4 Å². The number of rotatable bonds is 3. The standard InChI is InChI=1S/C30H26N4/c1-5-23-7-3-19-31-29(23)27(9-1)33-25-15-11-21(12-16-25)22-13-17-26(18-14-22)34-28-10-2-6-24-8-4-20-32-30(24)28/h3-4,7-8,11-20H,1-2,5-6,9-10H2. The van der Waals surface area contributed by atoms with Crippen molar-refractivity contribution in [3.8, 4) is 11.1 Å². The van der Waals surface area contributed by atoms with E-state index in [4.69, 9.17) is 9.98 Å². The Bertz CT molecular complexity index is 1270. The third-order valence-electron chi connectivity index (χ3n) is 6.64. The maximum Gasteiger partial charge on any atom is 0.0876 e. The fraction of sp³-hybridized carbons (Fsp3) is 0.200. The Kier molecular flexibility index (Phi) is 5.56. The van der Waals surface area contributed by atoms with Gasteiger partial charge in [-0.05, 0) is 97.2 Å². The molecule has 0 aliphatic heterocycles. The molecule has 6 rings (SSSR count). The highest BCUT2D eigenvalue weighted by Crippen LogP contribution is 2.28. The third-order valence-corrected chi connectivity index (χ3v) is 6.64. The maximum atomic E-state index is 4.92. The van der Waals surface area contributed by atoms with Crippen molar-refractivity contribution in [3.63, 3.8) is 0 Å². The molecule has 0 amide bonds. The Balaban J connectivity index is 1.22. The van der Waals surface area contributed by atoms with Gasteiger partial charge in [-0.15, -0.1) is 0 Å². The number of benzene rings is 2. The van der Waals surface area contributed by atoms with Crippen LogP contribution in [0.3, 0.4) is 0 Å². The van der Waals surface area contributed by atoms with Crippen LogP contribution < -0.4 is 0 Å². The number of hydrogen-bond acceptors (Lipinski definition) is 4. The van der Waals surface area contributed by atoms with E-state index >= 15 is 0 Å². The molecule has 0 unspecified atom stereocenters. The summed E-state index contributed by atoms with van der Waals surface area (Å²) < 4.78 is 0. The van der Waals surface area contributed by atoms with E-state index in [9.17, 15) is 0 Å². The van der Waals surface area contributed by atoms with E-state index in [0.29, 0.717) is 0 Å². The molecule has 4 nitrogen and oxygen atoms in total. The first kappa shape index (κ1) is 20.7. The molecule has 0 spiro atoms. The summed E-state index contributed by atoms with van der Waals surface area (Å²) in [6.45, 7) is 0. The summed E-state index contributed by atoms with van der Waals surface area (Å²) in [7, 11) is 0. The molecular weight excluding hydrogens is 416 g/mol. The zero-order chi connectivity index (χ0) is 22.7. The molecule has 2 aliphatic rings. The van der Waals surface area contributed by atoms with Gasteiger partial charge in [-0.2, -0.15) is 0 Å². The van der Waals surface area contributed by atoms with Crippen LogP contribution >= 0.6 is 0 Å². The summed E-state index contributed by atoms with van der Waals surface area (Å²) >= 11 is 0. The summed E-state index contributed by atoms with van der Waals surface area (Å²) in [6.07, 6.45) is 10.1. The molecule has 2 aromatic carbocycles. The monoisotopic (exact) mass is 442 g/mol. The summed E-state index contributed by atoms with van der Waals surface area (Å²) in [5.41, 5.74) is 11.2.